The third kappa shape index (κ3) is 6.74. The highest BCUT2D eigenvalue weighted by Crippen LogP contribution is 2.44. The molecule has 0 unspecified atom stereocenters. The molecular formula is C19H35NO4S. The van der Waals surface area contributed by atoms with Gasteiger partial charge in [0.2, 0.25) is 5.91 Å². The first kappa shape index (κ1) is 21.0. The smallest absolute Gasteiger partial charge is 0.245 e. The first-order valence-corrected chi connectivity index (χ1v) is 11.0. The molecular weight excluding hydrogens is 338 g/mol. The Balaban J connectivity index is 1.61. The Labute approximate surface area is 156 Å². The van der Waals surface area contributed by atoms with Crippen molar-refractivity contribution in [3.63, 3.8) is 0 Å². The highest BCUT2D eigenvalue weighted by Gasteiger charge is 2.48. The normalized spacial score (nSPS) is 27.8. The van der Waals surface area contributed by atoms with Crippen molar-refractivity contribution in [2.75, 3.05) is 31.8 Å². The van der Waals surface area contributed by atoms with Gasteiger partial charge in [-0.1, -0.05) is 26.2 Å². The van der Waals surface area contributed by atoms with Crippen LogP contribution < -0.4 is 0 Å². The molecule has 2 saturated heterocycles. The van der Waals surface area contributed by atoms with Crippen LogP contribution in [0.1, 0.15) is 58.3 Å². The average Bonchev–Trinajstić information content (AvgIpc) is 3.19. The molecule has 1 N–H and O–H groups in total. The van der Waals surface area contributed by atoms with Crippen molar-refractivity contribution in [2.24, 2.45) is 11.8 Å². The number of hydrogen-bond donors (Lipinski definition) is 1. The molecule has 0 radical (unpaired) electrons. The van der Waals surface area contributed by atoms with E-state index in [1.807, 2.05) is 11.8 Å². The van der Waals surface area contributed by atoms with Gasteiger partial charge in [-0.05, 0) is 37.2 Å². The largest absolute Gasteiger partial charge is 0.381 e. The van der Waals surface area contributed by atoms with E-state index in [2.05, 4.69) is 6.92 Å². The summed E-state index contributed by atoms with van der Waals surface area (Å²) in [4.78, 5) is 11.4. The SMILES string of the molecule is CCCCCCOC[C@H]1[C@@H](CSCCCC(=O)N(C)O)[C@H]2CC[C@@H]1O2. The van der Waals surface area contributed by atoms with Crippen LogP contribution in [0.4, 0.5) is 0 Å². The lowest BCUT2D eigenvalue weighted by atomic mass is 9.81. The van der Waals surface area contributed by atoms with E-state index in [1.165, 1.54) is 45.6 Å². The van der Waals surface area contributed by atoms with Crippen molar-refractivity contribution in [3.8, 4) is 0 Å². The Bertz CT molecular complexity index is 394. The van der Waals surface area contributed by atoms with Gasteiger partial charge in [0, 0.05) is 31.9 Å². The zero-order valence-electron chi connectivity index (χ0n) is 15.8. The van der Waals surface area contributed by atoms with Gasteiger partial charge < -0.3 is 9.47 Å². The summed E-state index contributed by atoms with van der Waals surface area (Å²) < 4.78 is 12.1. The maximum absolute atomic E-state index is 11.4. The number of ether oxygens (including phenoxy) is 2. The Morgan fingerprint density at radius 2 is 1.96 bits per heavy atom. The fraction of sp³-hybridized carbons (Fsp3) is 0.947. The van der Waals surface area contributed by atoms with Gasteiger partial charge in [0.25, 0.3) is 0 Å². The van der Waals surface area contributed by atoms with Crippen LogP contribution in [0, 0.1) is 11.8 Å². The minimum absolute atomic E-state index is 0.210. The van der Waals surface area contributed by atoms with Crippen LogP contribution in [0.25, 0.3) is 0 Å². The van der Waals surface area contributed by atoms with Crippen molar-refractivity contribution in [1.82, 2.24) is 5.06 Å². The van der Waals surface area contributed by atoms with Gasteiger partial charge in [-0.15, -0.1) is 0 Å². The average molecular weight is 374 g/mol. The van der Waals surface area contributed by atoms with Crippen LogP contribution in [-0.4, -0.2) is 60.2 Å². The van der Waals surface area contributed by atoms with Gasteiger partial charge in [-0.2, -0.15) is 11.8 Å². The molecule has 2 aliphatic rings. The molecule has 2 bridgehead atoms. The van der Waals surface area contributed by atoms with Crippen molar-refractivity contribution in [1.29, 1.82) is 0 Å². The summed E-state index contributed by atoms with van der Waals surface area (Å²) in [7, 11) is 1.38. The number of thioether (sulfide) groups is 1. The minimum Gasteiger partial charge on any atom is -0.381 e. The van der Waals surface area contributed by atoms with Crippen molar-refractivity contribution in [3.05, 3.63) is 0 Å². The Morgan fingerprint density at radius 1 is 1.20 bits per heavy atom. The minimum atomic E-state index is -0.210. The lowest BCUT2D eigenvalue weighted by molar-refractivity contribution is -0.159. The van der Waals surface area contributed by atoms with E-state index >= 15 is 0 Å². The summed E-state index contributed by atoms with van der Waals surface area (Å²) in [6.45, 7) is 3.95. The molecule has 2 heterocycles. The quantitative estimate of drug-likeness (QED) is 0.303. The van der Waals surface area contributed by atoms with Crippen LogP contribution in [0.15, 0.2) is 0 Å². The van der Waals surface area contributed by atoms with Crippen LogP contribution in [-0.2, 0) is 14.3 Å². The molecule has 0 aliphatic carbocycles. The third-order valence-corrected chi connectivity index (χ3v) is 6.59. The van der Waals surface area contributed by atoms with Crippen molar-refractivity contribution >= 4 is 17.7 Å². The van der Waals surface area contributed by atoms with Gasteiger partial charge in [-0.3, -0.25) is 10.0 Å². The number of carbonyl (C=O) groups excluding carboxylic acids is 1. The lowest BCUT2D eigenvalue weighted by Gasteiger charge is -2.27. The maximum Gasteiger partial charge on any atom is 0.245 e. The van der Waals surface area contributed by atoms with E-state index in [-0.39, 0.29) is 5.91 Å². The molecule has 2 rings (SSSR count). The number of nitrogens with zero attached hydrogens (tertiary/aromatic N) is 1. The Kier molecular flexibility index (Phi) is 9.60. The summed E-state index contributed by atoms with van der Waals surface area (Å²) in [5, 5.41) is 9.74. The number of unbranched alkanes of at least 4 members (excludes halogenated alkanes) is 3. The third-order valence-electron chi connectivity index (χ3n) is 5.39. The van der Waals surface area contributed by atoms with E-state index in [1.54, 1.807) is 0 Å². The van der Waals surface area contributed by atoms with E-state index in [0.29, 0.717) is 35.5 Å². The summed E-state index contributed by atoms with van der Waals surface area (Å²) in [6, 6.07) is 0. The highest BCUT2D eigenvalue weighted by molar-refractivity contribution is 7.99. The fourth-order valence-electron chi connectivity index (χ4n) is 3.89. The van der Waals surface area contributed by atoms with Crippen molar-refractivity contribution in [2.45, 2.75) is 70.5 Å². The lowest BCUT2D eigenvalue weighted by Crippen LogP contribution is -2.32. The zero-order valence-corrected chi connectivity index (χ0v) is 16.6. The predicted octanol–water partition coefficient (Wildman–Crippen LogP) is 3.74. The van der Waals surface area contributed by atoms with Gasteiger partial charge in [0.1, 0.15) is 0 Å². The molecule has 0 aromatic carbocycles. The molecule has 0 aromatic rings. The molecule has 2 aliphatic heterocycles. The van der Waals surface area contributed by atoms with Gasteiger partial charge in [-0.25, -0.2) is 5.06 Å². The molecule has 25 heavy (non-hydrogen) atoms. The fourth-order valence-corrected chi connectivity index (χ4v) is 5.14. The van der Waals surface area contributed by atoms with Gasteiger partial charge in [0.05, 0.1) is 18.8 Å². The molecule has 0 aromatic heterocycles. The molecule has 6 heteroatoms. The second kappa shape index (κ2) is 11.4. The van der Waals surface area contributed by atoms with Crippen LogP contribution in [0.3, 0.4) is 0 Å². The first-order valence-electron chi connectivity index (χ1n) is 9.89. The molecule has 0 saturated carbocycles. The summed E-state index contributed by atoms with van der Waals surface area (Å²) >= 11 is 1.91. The van der Waals surface area contributed by atoms with Gasteiger partial charge >= 0.3 is 0 Å². The number of fused-ring (bicyclic) bond motifs is 2. The van der Waals surface area contributed by atoms with Crippen LogP contribution in [0.2, 0.25) is 0 Å². The topological polar surface area (TPSA) is 59.0 Å². The number of hydroxylamine groups is 2. The number of carbonyl (C=O) groups is 1. The first-order chi connectivity index (χ1) is 12.1. The second-order valence-corrected chi connectivity index (χ2v) is 8.50. The number of rotatable bonds is 13. The monoisotopic (exact) mass is 373 g/mol. The maximum atomic E-state index is 11.4. The van der Waals surface area contributed by atoms with Crippen LogP contribution >= 0.6 is 11.8 Å². The molecule has 4 atom stereocenters. The van der Waals surface area contributed by atoms with Gasteiger partial charge in [0.15, 0.2) is 0 Å². The van der Waals surface area contributed by atoms with E-state index in [0.717, 1.165) is 31.1 Å². The molecule has 146 valence electrons. The van der Waals surface area contributed by atoms with E-state index in [9.17, 15) is 4.79 Å². The molecule has 0 spiro atoms. The highest BCUT2D eigenvalue weighted by atomic mass is 32.2. The Hall–Kier alpha value is -0.300. The summed E-state index contributed by atoms with van der Waals surface area (Å²) in [5.41, 5.74) is 0. The number of hydrogen-bond acceptors (Lipinski definition) is 5. The van der Waals surface area contributed by atoms with E-state index < -0.39 is 0 Å². The standard InChI is InChI=1S/C19H35NO4S/c1-3-4-5-6-11-23-13-15-16(18-10-9-17(15)24-18)14-25-12-7-8-19(21)20(2)22/h15-18,22H,3-14H2,1-2H3/t15-,16+,17-,18+/m0/s1. The summed E-state index contributed by atoms with van der Waals surface area (Å²) in [5.74, 6) is 2.98. The predicted molar refractivity (Wildman–Crippen MR) is 101 cm³/mol. The van der Waals surface area contributed by atoms with Crippen molar-refractivity contribution < 1.29 is 19.5 Å². The van der Waals surface area contributed by atoms with Crippen LogP contribution in [0.5, 0.6) is 0 Å². The summed E-state index contributed by atoms with van der Waals surface area (Å²) in [6.07, 6.45) is 9.42. The Morgan fingerprint density at radius 3 is 2.68 bits per heavy atom. The zero-order chi connectivity index (χ0) is 18.1. The molecule has 1 amide bonds. The van der Waals surface area contributed by atoms with E-state index in [4.69, 9.17) is 14.7 Å². The number of amides is 1. The molecule has 2 fully saturated rings. The second-order valence-electron chi connectivity index (χ2n) is 7.35. The molecule has 5 nitrogen and oxygen atoms in total.